The Hall–Kier alpha value is -7.31. The number of aryl methyl sites for hydroxylation is 2. The molecule has 350 valence electrons. The molecule has 0 aliphatic rings. The van der Waals surface area contributed by atoms with E-state index in [-0.39, 0.29) is 11.1 Å². The number of hydrogen-bond donors (Lipinski definition) is 1. The standard InChI is InChI=1S/C60H52O7P2S/c1-44-25-23-39-57(46(44)3)68(50-27-11-5-12-28-50,51-29-13-6-14-30-51,52-31-15-7-16-32-52)66-59(61)48-41-49(43-56(42-48)70(63,64)65)60(62)67-69(53-33-17-8-18-34-53,54-35-19-9-20-36-54,55-37-21-10-22-38-55)58-40-24-26-45(2)47(58)4/h5-43H,1-4H3,(H,63,64,65). The van der Waals surface area contributed by atoms with Crippen molar-refractivity contribution in [3.05, 3.63) is 270 Å². The van der Waals surface area contributed by atoms with Crippen LogP contribution in [0.5, 0.6) is 0 Å². The van der Waals surface area contributed by atoms with Gasteiger partial charge in [0.1, 0.15) is 0 Å². The summed E-state index contributed by atoms with van der Waals surface area (Å²) in [6, 6.07) is 73.1. The van der Waals surface area contributed by atoms with Crippen LogP contribution in [0, 0.1) is 27.7 Å². The molecule has 0 aliphatic heterocycles. The molecule has 7 nitrogen and oxygen atoms in total. The zero-order chi connectivity index (χ0) is 49.2. The van der Waals surface area contributed by atoms with Gasteiger partial charge in [0.15, 0.2) is 0 Å². The predicted octanol–water partition coefficient (Wildman–Crippen LogP) is 10.0. The molecule has 10 heteroatoms. The van der Waals surface area contributed by atoms with Gasteiger partial charge in [-0.2, -0.15) is 0 Å². The first-order valence-electron chi connectivity index (χ1n) is 22.9. The average Bonchev–Trinajstić information content (AvgIpc) is 3.40. The number of carbonyl (C=O) groups excluding carboxylic acids is 2. The van der Waals surface area contributed by atoms with Crippen LogP contribution in [0.15, 0.2) is 241 Å². The summed E-state index contributed by atoms with van der Waals surface area (Å²) in [4.78, 5) is 31.1. The molecule has 0 heterocycles. The molecule has 0 saturated carbocycles. The minimum absolute atomic E-state index is 0.296. The first-order chi connectivity index (χ1) is 33.7. The van der Waals surface area contributed by atoms with Crippen LogP contribution in [0.4, 0.5) is 0 Å². The summed E-state index contributed by atoms with van der Waals surface area (Å²) in [5.74, 6) is -1.87. The van der Waals surface area contributed by atoms with Crippen LogP contribution < -0.4 is 42.4 Å². The van der Waals surface area contributed by atoms with Gasteiger partial charge in [0.05, 0.1) is 0 Å². The van der Waals surface area contributed by atoms with Crippen molar-refractivity contribution in [3.8, 4) is 0 Å². The van der Waals surface area contributed by atoms with Crippen LogP contribution in [-0.2, 0) is 19.2 Å². The van der Waals surface area contributed by atoms with Crippen molar-refractivity contribution in [1.29, 1.82) is 0 Å². The average molecular weight is 979 g/mol. The van der Waals surface area contributed by atoms with E-state index in [0.29, 0.717) is 31.8 Å². The van der Waals surface area contributed by atoms with Crippen LogP contribution in [0.25, 0.3) is 0 Å². The molecule has 9 aromatic carbocycles. The van der Waals surface area contributed by atoms with E-state index in [4.69, 9.17) is 9.05 Å². The second kappa shape index (κ2) is 18.5. The molecule has 9 rings (SSSR count). The van der Waals surface area contributed by atoms with E-state index in [0.717, 1.165) is 45.0 Å². The van der Waals surface area contributed by atoms with Gasteiger partial charge in [-0.25, -0.2) is 0 Å². The first kappa shape index (κ1) is 47.7. The number of hydrogen-bond acceptors (Lipinski definition) is 6. The number of carbonyl (C=O) groups is 2. The fraction of sp³-hybridized carbons (Fsp3) is 0.0667. The third-order valence-electron chi connectivity index (χ3n) is 13.8. The number of rotatable bonds is 13. The van der Waals surface area contributed by atoms with Crippen molar-refractivity contribution in [2.24, 2.45) is 0 Å². The van der Waals surface area contributed by atoms with E-state index in [1.807, 2.05) is 246 Å². The molecule has 0 amide bonds. The summed E-state index contributed by atoms with van der Waals surface area (Å²) >= 11 is 0. The van der Waals surface area contributed by atoms with E-state index in [1.54, 1.807) is 0 Å². The summed E-state index contributed by atoms with van der Waals surface area (Å²) in [5.41, 5.74) is 3.11. The Bertz CT molecular complexity index is 3090. The third-order valence-corrected chi connectivity index (χ3v) is 26.2. The monoisotopic (exact) mass is 978 g/mol. The van der Waals surface area contributed by atoms with Crippen LogP contribution in [0.1, 0.15) is 43.0 Å². The molecule has 0 fully saturated rings. The predicted molar refractivity (Wildman–Crippen MR) is 288 cm³/mol. The molecule has 0 spiro atoms. The van der Waals surface area contributed by atoms with E-state index < -0.39 is 40.6 Å². The minimum atomic E-state index is -5.07. The van der Waals surface area contributed by atoms with Crippen LogP contribution >= 0.6 is 13.7 Å². The van der Waals surface area contributed by atoms with E-state index >= 15 is 9.59 Å². The quantitative estimate of drug-likeness (QED) is 0.0906. The Balaban J connectivity index is 1.35. The van der Waals surface area contributed by atoms with E-state index in [9.17, 15) is 13.0 Å². The Morgan fingerprint density at radius 3 is 0.871 bits per heavy atom. The molecule has 0 radical (unpaired) electrons. The Morgan fingerprint density at radius 2 is 0.629 bits per heavy atom. The Kier molecular flexibility index (Phi) is 12.6. The number of benzene rings is 9. The van der Waals surface area contributed by atoms with Gasteiger partial charge in [-0.05, 0) is 0 Å². The summed E-state index contributed by atoms with van der Waals surface area (Å²) in [6.07, 6.45) is 0. The summed E-state index contributed by atoms with van der Waals surface area (Å²) in [6.45, 7) is -1.45. The van der Waals surface area contributed by atoms with Gasteiger partial charge in [0, 0.05) is 0 Å². The molecule has 0 saturated heterocycles. The molecular formula is C60H52O7P2S. The zero-order valence-electron chi connectivity index (χ0n) is 39.2. The fourth-order valence-corrected chi connectivity index (χ4v) is 22.8. The van der Waals surface area contributed by atoms with Gasteiger partial charge in [-0.15, -0.1) is 0 Å². The van der Waals surface area contributed by atoms with Gasteiger partial charge in [0.25, 0.3) is 0 Å². The summed E-state index contributed by atoms with van der Waals surface area (Å²) < 4.78 is 52.9. The van der Waals surface area contributed by atoms with Gasteiger partial charge in [-0.1, -0.05) is 0 Å². The van der Waals surface area contributed by atoms with E-state index in [2.05, 4.69) is 0 Å². The van der Waals surface area contributed by atoms with Crippen LogP contribution in [0.2, 0.25) is 0 Å². The summed E-state index contributed by atoms with van der Waals surface area (Å²) in [5, 5.41) is 5.75. The molecule has 0 aromatic heterocycles. The normalized spacial score (nSPS) is 12.9. The van der Waals surface area contributed by atoms with Gasteiger partial charge in [-0.3, -0.25) is 0 Å². The maximum absolute atomic E-state index is 15.9. The second-order valence-corrected chi connectivity index (χ2v) is 27.5. The molecule has 70 heavy (non-hydrogen) atoms. The van der Waals surface area contributed by atoms with Crippen molar-refractivity contribution >= 4 is 78.2 Å². The fourth-order valence-electron chi connectivity index (χ4n) is 10.2. The van der Waals surface area contributed by atoms with Crippen molar-refractivity contribution in [2.45, 2.75) is 32.6 Å². The van der Waals surface area contributed by atoms with Crippen molar-refractivity contribution < 1.29 is 31.6 Å². The van der Waals surface area contributed by atoms with Crippen molar-refractivity contribution in [1.82, 2.24) is 0 Å². The van der Waals surface area contributed by atoms with Crippen molar-refractivity contribution in [3.63, 3.8) is 0 Å². The van der Waals surface area contributed by atoms with Crippen molar-refractivity contribution in [2.75, 3.05) is 0 Å². The van der Waals surface area contributed by atoms with Gasteiger partial charge >= 0.3 is 412 Å². The van der Waals surface area contributed by atoms with Crippen LogP contribution in [0.3, 0.4) is 0 Å². The second-order valence-electron chi connectivity index (χ2n) is 17.5. The molecule has 9 aromatic rings. The molecule has 0 unspecified atom stereocenters. The topological polar surface area (TPSA) is 107 Å². The Morgan fingerprint density at radius 1 is 0.371 bits per heavy atom. The SMILES string of the molecule is Cc1cccc(P(OC(=O)c2cc(C(=O)OP(c3ccccc3)(c3ccccc3)(c3ccccc3)c3cccc(C)c3C)cc(S(=O)(=O)O)c2)(c2ccccc2)(c2ccccc2)c2ccccc2)c1C. The van der Waals surface area contributed by atoms with Gasteiger partial charge in [0.2, 0.25) is 0 Å². The molecular weight excluding hydrogens is 927 g/mol. The molecule has 1 N–H and O–H groups in total. The van der Waals surface area contributed by atoms with E-state index in [1.165, 1.54) is 6.07 Å². The maximum atomic E-state index is 15.9. The third kappa shape index (κ3) is 7.42. The van der Waals surface area contributed by atoms with Crippen LogP contribution in [-0.4, -0.2) is 24.9 Å². The molecule has 0 aliphatic carbocycles. The molecule has 0 bridgehead atoms. The molecule has 0 atom stereocenters. The van der Waals surface area contributed by atoms with Gasteiger partial charge < -0.3 is 0 Å². The summed E-state index contributed by atoms with van der Waals surface area (Å²) in [7, 11) is -5.07. The zero-order valence-corrected chi connectivity index (χ0v) is 41.8. The first-order valence-corrected chi connectivity index (χ1v) is 28.6. The Labute approximate surface area is 410 Å².